The van der Waals surface area contributed by atoms with Crippen molar-refractivity contribution in [3.05, 3.63) is 34.4 Å². The zero-order valence-corrected chi connectivity index (χ0v) is 12.2. The minimum atomic E-state index is -1.18. The monoisotopic (exact) mass is 297 g/mol. The maximum absolute atomic E-state index is 11.2. The Kier molecular flexibility index (Phi) is 4.92. The first-order chi connectivity index (χ1) is 9.11. The summed E-state index contributed by atoms with van der Waals surface area (Å²) in [4.78, 5) is 21.8. The Hall–Kier alpha value is -1.85. The highest BCUT2D eigenvalue weighted by Gasteiger charge is 2.21. The predicted molar refractivity (Wildman–Crippen MR) is 77.7 cm³/mol. The molecule has 108 valence electrons. The van der Waals surface area contributed by atoms with E-state index >= 15 is 0 Å². The van der Waals surface area contributed by atoms with Gasteiger partial charge in [-0.1, -0.05) is 11.6 Å². The molecule has 5 nitrogen and oxygen atoms in total. The highest BCUT2D eigenvalue weighted by molar-refractivity contribution is 6.32. The molecule has 3 N–H and O–H groups in total. The number of carbonyl (C=O) groups is 2. The number of aliphatic carboxylic acids is 1. The minimum Gasteiger partial charge on any atom is -0.478 e. The Labute approximate surface area is 121 Å². The fraction of sp³-hybridized carbons (Fsp3) is 0.286. The van der Waals surface area contributed by atoms with Crippen LogP contribution in [0.1, 0.15) is 31.9 Å². The number of nitrogens with one attached hydrogen (secondary N) is 1. The van der Waals surface area contributed by atoms with E-state index in [-0.39, 0.29) is 10.9 Å². The predicted octanol–water partition coefficient (Wildman–Crippen LogP) is 2.62. The molecule has 1 rings (SSSR count). The van der Waals surface area contributed by atoms with Crippen LogP contribution in [0.15, 0.2) is 18.2 Å². The number of amides is 1. The number of hydrogen-bond acceptors (Lipinski definition) is 3. The fourth-order valence-electron chi connectivity index (χ4n) is 1.66. The maximum Gasteiger partial charge on any atom is 0.328 e. The summed E-state index contributed by atoms with van der Waals surface area (Å²) >= 11 is 6.08. The molecule has 0 saturated carbocycles. The number of benzene rings is 1. The summed E-state index contributed by atoms with van der Waals surface area (Å²) in [6, 6.07) is 3.03. The molecular formula is C14H16ClNO4. The molecule has 0 aliphatic heterocycles. The van der Waals surface area contributed by atoms with E-state index in [4.69, 9.17) is 16.7 Å². The second-order valence-electron chi connectivity index (χ2n) is 4.83. The standard InChI is InChI=1S/C14H16ClNO4/c1-8(17)16-12-7-11(15)10(14(2,3)20)6-9(12)4-5-13(18)19/h4-7,20H,1-3H3,(H,16,17)(H,18,19). The van der Waals surface area contributed by atoms with E-state index in [1.165, 1.54) is 19.1 Å². The molecule has 0 heterocycles. The van der Waals surface area contributed by atoms with Crippen LogP contribution >= 0.6 is 11.6 Å². The number of carbonyl (C=O) groups excluding carboxylic acids is 1. The lowest BCUT2D eigenvalue weighted by Gasteiger charge is -2.21. The summed E-state index contributed by atoms with van der Waals surface area (Å²) in [6.45, 7) is 4.47. The Morgan fingerprint density at radius 1 is 1.35 bits per heavy atom. The smallest absolute Gasteiger partial charge is 0.328 e. The van der Waals surface area contributed by atoms with E-state index in [1.54, 1.807) is 19.9 Å². The van der Waals surface area contributed by atoms with Crippen molar-refractivity contribution in [3.63, 3.8) is 0 Å². The average Bonchev–Trinajstić information content (AvgIpc) is 2.24. The SMILES string of the molecule is CC(=O)Nc1cc(Cl)c(C(C)(C)O)cc1C=CC(=O)O. The van der Waals surface area contributed by atoms with Gasteiger partial charge < -0.3 is 15.5 Å². The van der Waals surface area contributed by atoms with Gasteiger partial charge >= 0.3 is 5.97 Å². The highest BCUT2D eigenvalue weighted by Crippen LogP contribution is 2.33. The van der Waals surface area contributed by atoms with E-state index in [1.807, 2.05) is 0 Å². The Bertz CT molecular complexity index is 573. The van der Waals surface area contributed by atoms with Gasteiger partial charge in [-0.2, -0.15) is 0 Å². The second-order valence-corrected chi connectivity index (χ2v) is 5.24. The molecule has 0 aromatic heterocycles. The van der Waals surface area contributed by atoms with Crippen LogP contribution in [0.3, 0.4) is 0 Å². The van der Waals surface area contributed by atoms with Crippen molar-refractivity contribution in [2.75, 3.05) is 5.32 Å². The normalized spacial score (nSPS) is 11.7. The van der Waals surface area contributed by atoms with Crippen molar-refractivity contribution in [1.82, 2.24) is 0 Å². The molecule has 1 aromatic rings. The first-order valence-corrected chi connectivity index (χ1v) is 6.24. The fourth-order valence-corrected chi connectivity index (χ4v) is 2.05. The van der Waals surface area contributed by atoms with E-state index in [9.17, 15) is 14.7 Å². The number of rotatable bonds is 4. The summed E-state index contributed by atoms with van der Waals surface area (Å²) < 4.78 is 0. The lowest BCUT2D eigenvalue weighted by atomic mass is 9.95. The van der Waals surface area contributed by atoms with Gasteiger partial charge in [0.1, 0.15) is 0 Å². The maximum atomic E-state index is 11.2. The quantitative estimate of drug-likeness (QED) is 0.746. The Balaban J connectivity index is 3.41. The van der Waals surface area contributed by atoms with Gasteiger partial charge in [0.15, 0.2) is 0 Å². The van der Waals surface area contributed by atoms with Gasteiger partial charge in [0.2, 0.25) is 5.91 Å². The molecule has 0 aliphatic carbocycles. The van der Waals surface area contributed by atoms with Crippen LogP contribution < -0.4 is 5.32 Å². The van der Waals surface area contributed by atoms with Crippen molar-refractivity contribution in [2.24, 2.45) is 0 Å². The van der Waals surface area contributed by atoms with Gasteiger partial charge in [0, 0.05) is 29.3 Å². The van der Waals surface area contributed by atoms with E-state index in [2.05, 4.69) is 5.32 Å². The van der Waals surface area contributed by atoms with E-state index in [0.717, 1.165) is 6.08 Å². The third-order valence-corrected chi connectivity index (χ3v) is 2.83. The van der Waals surface area contributed by atoms with Crippen LogP contribution in [0.25, 0.3) is 6.08 Å². The second kappa shape index (κ2) is 6.07. The number of carboxylic acid groups (broad SMARTS) is 1. The number of halogens is 1. The van der Waals surface area contributed by atoms with Crippen LogP contribution in [0, 0.1) is 0 Å². The minimum absolute atomic E-state index is 0.286. The van der Waals surface area contributed by atoms with Crippen molar-refractivity contribution in [2.45, 2.75) is 26.4 Å². The number of aliphatic hydroxyl groups is 1. The van der Waals surface area contributed by atoms with Crippen molar-refractivity contribution < 1.29 is 19.8 Å². The Morgan fingerprint density at radius 3 is 2.40 bits per heavy atom. The largest absolute Gasteiger partial charge is 0.478 e. The molecule has 0 saturated heterocycles. The molecule has 0 unspecified atom stereocenters. The van der Waals surface area contributed by atoms with Gasteiger partial charge in [0.25, 0.3) is 0 Å². The Morgan fingerprint density at radius 2 is 1.95 bits per heavy atom. The van der Waals surface area contributed by atoms with Crippen LogP contribution in [0.5, 0.6) is 0 Å². The first-order valence-electron chi connectivity index (χ1n) is 5.86. The molecule has 0 fully saturated rings. The summed E-state index contributed by atoms with van der Waals surface area (Å²) in [5.41, 5.74) is 0.0907. The molecule has 0 radical (unpaired) electrons. The highest BCUT2D eigenvalue weighted by atomic mass is 35.5. The molecule has 20 heavy (non-hydrogen) atoms. The summed E-state index contributed by atoms with van der Waals surface area (Å²) in [5, 5.41) is 21.6. The van der Waals surface area contributed by atoms with Crippen molar-refractivity contribution in [3.8, 4) is 0 Å². The molecule has 0 spiro atoms. The molecule has 0 bridgehead atoms. The molecule has 1 aromatic carbocycles. The van der Waals surface area contributed by atoms with Gasteiger partial charge in [-0.3, -0.25) is 4.79 Å². The van der Waals surface area contributed by atoms with E-state index < -0.39 is 11.6 Å². The molecule has 0 aliphatic rings. The molecular weight excluding hydrogens is 282 g/mol. The lowest BCUT2D eigenvalue weighted by molar-refractivity contribution is -0.131. The lowest BCUT2D eigenvalue weighted by Crippen LogP contribution is -2.17. The van der Waals surface area contributed by atoms with Crippen LogP contribution in [-0.2, 0) is 15.2 Å². The molecule has 0 atom stereocenters. The van der Waals surface area contributed by atoms with Gasteiger partial charge in [-0.05, 0) is 37.6 Å². The van der Waals surface area contributed by atoms with E-state index in [0.29, 0.717) is 16.8 Å². The molecule has 1 amide bonds. The van der Waals surface area contributed by atoms with Gasteiger partial charge in [0.05, 0.1) is 5.60 Å². The number of anilines is 1. The van der Waals surface area contributed by atoms with Crippen molar-refractivity contribution >= 4 is 35.2 Å². The number of carboxylic acids is 1. The van der Waals surface area contributed by atoms with Gasteiger partial charge in [-0.25, -0.2) is 4.79 Å². The molecule has 6 heteroatoms. The first kappa shape index (κ1) is 16.2. The average molecular weight is 298 g/mol. The van der Waals surface area contributed by atoms with Crippen molar-refractivity contribution in [1.29, 1.82) is 0 Å². The van der Waals surface area contributed by atoms with Crippen LogP contribution in [0.4, 0.5) is 5.69 Å². The zero-order chi connectivity index (χ0) is 15.5. The summed E-state index contributed by atoms with van der Waals surface area (Å²) in [5.74, 6) is -1.42. The summed E-state index contributed by atoms with van der Waals surface area (Å²) in [6.07, 6.45) is 2.28. The third-order valence-electron chi connectivity index (χ3n) is 2.51. The third kappa shape index (κ3) is 4.36. The summed E-state index contributed by atoms with van der Waals surface area (Å²) in [7, 11) is 0. The van der Waals surface area contributed by atoms with Crippen LogP contribution in [0.2, 0.25) is 5.02 Å². The van der Waals surface area contributed by atoms with Gasteiger partial charge in [-0.15, -0.1) is 0 Å². The zero-order valence-electron chi connectivity index (χ0n) is 11.4. The topological polar surface area (TPSA) is 86.6 Å². The van der Waals surface area contributed by atoms with Crippen LogP contribution in [-0.4, -0.2) is 22.1 Å². The number of hydrogen-bond donors (Lipinski definition) is 3.